The summed E-state index contributed by atoms with van der Waals surface area (Å²) in [6, 6.07) is 9.36. The van der Waals surface area contributed by atoms with E-state index >= 15 is 0 Å². The van der Waals surface area contributed by atoms with Crippen molar-refractivity contribution in [2.75, 3.05) is 5.32 Å². The number of aromatic nitrogens is 1. The van der Waals surface area contributed by atoms with Crippen LogP contribution < -0.4 is 11.1 Å². The van der Waals surface area contributed by atoms with Crippen molar-refractivity contribution in [1.82, 2.24) is 4.98 Å². The number of anilines is 1. The van der Waals surface area contributed by atoms with Crippen LogP contribution in [-0.4, -0.2) is 10.9 Å². The maximum atomic E-state index is 12.7. The molecule has 0 fully saturated rings. The zero-order valence-electron chi connectivity index (χ0n) is 8.97. The number of rotatable bonds is 2. The molecule has 5 heteroatoms. The topological polar surface area (TPSA) is 63.3 Å². The Kier molecular flexibility index (Phi) is 3.30. The second-order valence-corrected chi connectivity index (χ2v) is 3.34. The van der Waals surface area contributed by atoms with E-state index in [-0.39, 0.29) is 11.8 Å². The van der Waals surface area contributed by atoms with Crippen molar-refractivity contribution in [3.63, 3.8) is 0 Å². The van der Waals surface area contributed by atoms with E-state index in [0.717, 1.165) is 5.69 Å². The number of halogens is 1. The predicted molar refractivity (Wildman–Crippen MR) is 65.5 cm³/mol. The van der Waals surface area contributed by atoms with Gasteiger partial charge in [-0.15, -0.1) is 0 Å². The monoisotopic (exact) mass is 230 g/mol. The molecule has 1 aromatic carbocycles. The molecule has 0 spiro atoms. The Labute approximate surface area is 98.0 Å². The van der Waals surface area contributed by atoms with Crippen LogP contribution in [0.25, 0.3) is 0 Å². The van der Waals surface area contributed by atoms with Gasteiger partial charge in [0.2, 0.25) is 0 Å². The Balaban J connectivity index is 2.09. The third kappa shape index (κ3) is 3.27. The lowest BCUT2D eigenvalue weighted by atomic mass is 10.3. The van der Waals surface area contributed by atoms with Gasteiger partial charge in [-0.1, -0.05) is 0 Å². The second kappa shape index (κ2) is 5.07. The van der Waals surface area contributed by atoms with Crippen LogP contribution in [0, 0.1) is 5.82 Å². The summed E-state index contributed by atoms with van der Waals surface area (Å²) < 4.78 is 12.7. The predicted octanol–water partition coefficient (Wildman–Crippen LogP) is 2.28. The van der Waals surface area contributed by atoms with Gasteiger partial charge in [-0.25, -0.2) is 9.38 Å². The zero-order chi connectivity index (χ0) is 12.1. The highest BCUT2D eigenvalue weighted by atomic mass is 19.1. The summed E-state index contributed by atoms with van der Waals surface area (Å²) in [7, 11) is 0. The molecule has 0 bridgehead atoms. The van der Waals surface area contributed by atoms with Crippen LogP contribution in [0.2, 0.25) is 0 Å². The standard InChI is InChI=1S/C12H11FN4/c13-9-3-5-10(6-4-9)16-12(14)17-11-2-1-7-15-8-11/h1-8H,(H3,14,16,17). The maximum Gasteiger partial charge on any atom is 0.198 e. The van der Waals surface area contributed by atoms with Crippen LogP contribution >= 0.6 is 0 Å². The molecule has 0 unspecified atom stereocenters. The first kappa shape index (κ1) is 11.1. The average Bonchev–Trinajstić information content (AvgIpc) is 2.33. The molecule has 2 rings (SSSR count). The van der Waals surface area contributed by atoms with Crippen LogP contribution in [0.5, 0.6) is 0 Å². The van der Waals surface area contributed by atoms with Crippen LogP contribution in [-0.2, 0) is 0 Å². The van der Waals surface area contributed by atoms with E-state index in [2.05, 4.69) is 15.3 Å². The molecule has 0 saturated carbocycles. The van der Waals surface area contributed by atoms with Gasteiger partial charge in [0, 0.05) is 6.20 Å². The fourth-order valence-corrected chi connectivity index (χ4v) is 1.27. The molecule has 0 amide bonds. The van der Waals surface area contributed by atoms with Gasteiger partial charge >= 0.3 is 0 Å². The van der Waals surface area contributed by atoms with Crippen molar-refractivity contribution in [3.8, 4) is 0 Å². The Morgan fingerprint density at radius 1 is 1.24 bits per heavy atom. The quantitative estimate of drug-likeness (QED) is 0.614. The summed E-state index contributed by atoms with van der Waals surface area (Å²) in [6.45, 7) is 0. The molecule has 0 aliphatic carbocycles. The SMILES string of the molecule is NC(=Nc1ccc(F)cc1)Nc1cccnc1. The molecule has 4 nitrogen and oxygen atoms in total. The van der Waals surface area contributed by atoms with Crippen molar-refractivity contribution < 1.29 is 4.39 Å². The van der Waals surface area contributed by atoms with Gasteiger partial charge < -0.3 is 11.1 Å². The third-order valence-electron chi connectivity index (χ3n) is 2.01. The summed E-state index contributed by atoms with van der Waals surface area (Å²) in [5, 5.41) is 2.88. The normalized spacial score (nSPS) is 11.2. The zero-order valence-corrected chi connectivity index (χ0v) is 8.97. The lowest BCUT2D eigenvalue weighted by Crippen LogP contribution is -2.21. The highest BCUT2D eigenvalue weighted by Crippen LogP contribution is 2.12. The van der Waals surface area contributed by atoms with E-state index in [4.69, 9.17) is 5.73 Å². The fraction of sp³-hybridized carbons (Fsp3) is 0. The first-order chi connectivity index (χ1) is 8.24. The Hall–Kier alpha value is -2.43. The molecule has 0 aliphatic heterocycles. The summed E-state index contributed by atoms with van der Waals surface area (Å²) in [6.07, 6.45) is 3.30. The van der Waals surface area contributed by atoms with Gasteiger partial charge in [0.25, 0.3) is 0 Å². The number of aliphatic imine (C=N–C) groups is 1. The van der Waals surface area contributed by atoms with Crippen LogP contribution in [0.4, 0.5) is 15.8 Å². The summed E-state index contributed by atoms with van der Waals surface area (Å²) in [5.41, 5.74) is 7.02. The molecule has 1 aromatic heterocycles. The van der Waals surface area contributed by atoms with E-state index < -0.39 is 0 Å². The van der Waals surface area contributed by atoms with Crippen molar-refractivity contribution in [1.29, 1.82) is 0 Å². The highest BCUT2D eigenvalue weighted by Gasteiger charge is 1.96. The Morgan fingerprint density at radius 3 is 2.65 bits per heavy atom. The number of benzene rings is 1. The van der Waals surface area contributed by atoms with E-state index in [0.29, 0.717) is 5.69 Å². The van der Waals surface area contributed by atoms with E-state index in [9.17, 15) is 4.39 Å². The van der Waals surface area contributed by atoms with Crippen LogP contribution in [0.3, 0.4) is 0 Å². The molecule has 86 valence electrons. The lowest BCUT2D eigenvalue weighted by Gasteiger charge is -2.04. The van der Waals surface area contributed by atoms with Gasteiger partial charge in [0.15, 0.2) is 5.96 Å². The Bertz CT molecular complexity index is 508. The van der Waals surface area contributed by atoms with Crippen LogP contribution in [0.15, 0.2) is 53.8 Å². The first-order valence-electron chi connectivity index (χ1n) is 5.01. The molecular formula is C12H11FN4. The third-order valence-corrected chi connectivity index (χ3v) is 2.01. The Morgan fingerprint density at radius 2 is 2.00 bits per heavy atom. The minimum atomic E-state index is -0.303. The molecule has 17 heavy (non-hydrogen) atoms. The first-order valence-corrected chi connectivity index (χ1v) is 5.01. The van der Waals surface area contributed by atoms with Gasteiger partial charge in [0.05, 0.1) is 17.6 Å². The van der Waals surface area contributed by atoms with Gasteiger partial charge in [-0.2, -0.15) is 0 Å². The fourth-order valence-electron chi connectivity index (χ4n) is 1.27. The molecule has 0 saturated heterocycles. The summed E-state index contributed by atoms with van der Waals surface area (Å²) in [4.78, 5) is 8.02. The van der Waals surface area contributed by atoms with Gasteiger partial charge in [0.1, 0.15) is 5.82 Å². The second-order valence-electron chi connectivity index (χ2n) is 3.34. The number of nitrogens with two attached hydrogens (primary N) is 1. The molecule has 2 aromatic rings. The smallest absolute Gasteiger partial charge is 0.198 e. The highest BCUT2D eigenvalue weighted by molar-refractivity contribution is 5.93. The van der Waals surface area contributed by atoms with Crippen LogP contribution in [0.1, 0.15) is 0 Å². The average molecular weight is 230 g/mol. The largest absolute Gasteiger partial charge is 0.369 e. The van der Waals surface area contributed by atoms with E-state index in [1.54, 1.807) is 30.6 Å². The van der Waals surface area contributed by atoms with Crippen molar-refractivity contribution in [2.45, 2.75) is 0 Å². The molecular weight excluding hydrogens is 219 g/mol. The number of hydrogen-bond donors (Lipinski definition) is 2. The summed E-state index contributed by atoms with van der Waals surface area (Å²) >= 11 is 0. The van der Waals surface area contributed by atoms with E-state index in [1.807, 2.05) is 6.07 Å². The maximum absolute atomic E-state index is 12.7. The number of nitrogens with zero attached hydrogens (tertiary/aromatic N) is 2. The molecule has 0 atom stereocenters. The number of nitrogens with one attached hydrogen (secondary N) is 1. The van der Waals surface area contributed by atoms with Crippen molar-refractivity contribution >= 4 is 17.3 Å². The van der Waals surface area contributed by atoms with Gasteiger partial charge in [-0.05, 0) is 36.4 Å². The summed E-state index contributed by atoms with van der Waals surface area (Å²) in [5.74, 6) is -0.0765. The minimum absolute atomic E-state index is 0.226. The molecule has 0 aliphatic rings. The lowest BCUT2D eigenvalue weighted by molar-refractivity contribution is 0.628. The minimum Gasteiger partial charge on any atom is -0.369 e. The van der Waals surface area contributed by atoms with E-state index in [1.165, 1.54) is 12.1 Å². The number of pyridine rings is 1. The number of hydrogen-bond acceptors (Lipinski definition) is 2. The molecule has 0 radical (unpaired) electrons. The number of guanidine groups is 1. The molecule has 3 N–H and O–H groups in total. The molecule has 1 heterocycles. The van der Waals surface area contributed by atoms with Crippen molar-refractivity contribution in [2.24, 2.45) is 10.7 Å². The van der Waals surface area contributed by atoms with Crippen molar-refractivity contribution in [3.05, 3.63) is 54.6 Å². The van der Waals surface area contributed by atoms with Gasteiger partial charge in [-0.3, -0.25) is 4.98 Å².